The van der Waals surface area contributed by atoms with Gasteiger partial charge in [-0.2, -0.15) is 0 Å². The van der Waals surface area contributed by atoms with Crippen LogP contribution in [0.1, 0.15) is 84.5 Å². The molecule has 7 rings (SSSR count). The number of imidazole rings is 2. The van der Waals surface area contributed by atoms with E-state index in [1.54, 1.807) is 0 Å². The lowest BCUT2D eigenvalue weighted by Gasteiger charge is -2.33. The number of aromatic nitrogens is 4. The van der Waals surface area contributed by atoms with Gasteiger partial charge >= 0.3 is 12.2 Å². The number of benzene rings is 3. The van der Waals surface area contributed by atoms with Gasteiger partial charge in [-0.15, -0.1) is 0 Å². The summed E-state index contributed by atoms with van der Waals surface area (Å²) in [5.74, 6) is 1.10. The normalized spacial score (nSPS) is 20.1. The molecule has 3 aromatic carbocycles. The molecule has 0 aliphatic carbocycles. The number of nitrogens with zero attached hydrogens (tertiary/aromatic N) is 4. The van der Waals surface area contributed by atoms with Crippen molar-refractivity contribution in [3.8, 4) is 33.6 Å². The number of carbonyl (C=O) groups excluding carboxylic acids is 4. The van der Waals surface area contributed by atoms with Crippen LogP contribution in [-0.4, -0.2) is 92.6 Å². The molecule has 2 aromatic heterocycles. The van der Waals surface area contributed by atoms with Crippen molar-refractivity contribution in [2.75, 3.05) is 20.8 Å². The Bertz CT molecular complexity index is 2350. The van der Waals surface area contributed by atoms with Crippen molar-refractivity contribution >= 4 is 34.8 Å². The third kappa shape index (κ3) is 8.45. The van der Waals surface area contributed by atoms with Crippen LogP contribution in [0, 0.1) is 17.8 Å². The van der Waals surface area contributed by atoms with Gasteiger partial charge in [-0.1, -0.05) is 83.1 Å². The zero-order valence-corrected chi connectivity index (χ0v) is 35.6. The van der Waals surface area contributed by atoms with Crippen LogP contribution in [0.25, 0.3) is 44.4 Å². The number of ether oxygens (including phenoxy) is 2. The third-order valence-corrected chi connectivity index (χ3v) is 12.1. The molecule has 0 saturated carbocycles. The molecule has 4 heterocycles. The Morgan fingerprint density at radius 3 is 1.83 bits per heavy atom. The quantitative estimate of drug-likeness (QED) is 0.104. The topological polar surface area (TPSA) is 175 Å². The summed E-state index contributed by atoms with van der Waals surface area (Å²) in [6.07, 6.45) is 4.84. The summed E-state index contributed by atoms with van der Waals surface area (Å²) in [5.41, 5.74) is 5.87. The lowest BCUT2D eigenvalue weighted by atomic mass is 9.98. The van der Waals surface area contributed by atoms with Crippen LogP contribution in [0.15, 0.2) is 73.1 Å². The number of amides is 4. The molecule has 316 valence electrons. The lowest BCUT2D eigenvalue weighted by Crippen LogP contribution is -2.52. The predicted molar refractivity (Wildman–Crippen MR) is 229 cm³/mol. The van der Waals surface area contributed by atoms with Gasteiger partial charge in [0.25, 0.3) is 0 Å². The molecule has 2 aliphatic rings. The molecule has 0 unspecified atom stereocenters. The Kier molecular flexibility index (Phi) is 12.3. The molecule has 5 aromatic rings. The van der Waals surface area contributed by atoms with Gasteiger partial charge < -0.3 is 39.9 Å². The van der Waals surface area contributed by atoms with Gasteiger partial charge in [0.05, 0.1) is 50.1 Å². The second-order valence-corrected chi connectivity index (χ2v) is 16.9. The van der Waals surface area contributed by atoms with Crippen LogP contribution < -0.4 is 10.6 Å². The molecule has 14 heteroatoms. The van der Waals surface area contributed by atoms with E-state index in [0.29, 0.717) is 6.54 Å². The summed E-state index contributed by atoms with van der Waals surface area (Å²) >= 11 is 0. The fourth-order valence-electron chi connectivity index (χ4n) is 8.86. The second kappa shape index (κ2) is 17.6. The van der Waals surface area contributed by atoms with Crippen LogP contribution in [0.3, 0.4) is 0 Å². The van der Waals surface area contributed by atoms with Gasteiger partial charge in [0.2, 0.25) is 11.8 Å². The van der Waals surface area contributed by atoms with Crippen LogP contribution in [0.5, 0.6) is 0 Å². The van der Waals surface area contributed by atoms with Gasteiger partial charge in [-0.3, -0.25) is 9.59 Å². The number of fused-ring (bicyclic) bond motifs is 1. The zero-order chi connectivity index (χ0) is 42.8. The Balaban J connectivity index is 1.04. The molecule has 2 saturated heterocycles. The van der Waals surface area contributed by atoms with Gasteiger partial charge in [0, 0.05) is 18.2 Å². The van der Waals surface area contributed by atoms with Crippen molar-refractivity contribution in [2.24, 2.45) is 17.8 Å². The minimum absolute atomic E-state index is 0.0209. The monoisotopic (exact) mass is 816 g/mol. The number of rotatable bonds is 11. The minimum Gasteiger partial charge on any atom is -0.453 e. The van der Waals surface area contributed by atoms with Crippen LogP contribution in [-0.2, 0) is 19.1 Å². The summed E-state index contributed by atoms with van der Waals surface area (Å²) in [4.78, 5) is 71.8. The molecule has 2 fully saturated rings. The maximum atomic E-state index is 13.9. The van der Waals surface area contributed by atoms with Gasteiger partial charge in [0.1, 0.15) is 23.7 Å². The first-order valence-corrected chi connectivity index (χ1v) is 20.8. The number of hydrogen-bond acceptors (Lipinski definition) is 8. The molecule has 0 radical (unpaired) electrons. The summed E-state index contributed by atoms with van der Waals surface area (Å²) in [6, 6.07) is 19.2. The first-order chi connectivity index (χ1) is 28.8. The van der Waals surface area contributed by atoms with E-state index in [2.05, 4.69) is 88.2 Å². The van der Waals surface area contributed by atoms with Gasteiger partial charge in [0.15, 0.2) is 0 Å². The Labute approximate surface area is 350 Å². The van der Waals surface area contributed by atoms with Crippen LogP contribution >= 0.6 is 0 Å². The van der Waals surface area contributed by atoms with Crippen LogP contribution in [0.4, 0.5) is 9.59 Å². The highest BCUT2D eigenvalue weighted by Crippen LogP contribution is 2.41. The number of alkyl carbamates (subject to hydrolysis) is 2. The Morgan fingerprint density at radius 1 is 0.700 bits per heavy atom. The number of nitrogens with one attached hydrogen (secondary N) is 4. The maximum absolute atomic E-state index is 13.9. The molecule has 6 atom stereocenters. The van der Waals surface area contributed by atoms with E-state index in [0.717, 1.165) is 75.3 Å². The second-order valence-electron chi connectivity index (χ2n) is 16.9. The largest absolute Gasteiger partial charge is 0.453 e. The number of likely N-dealkylation sites (tertiary alicyclic amines) is 2. The van der Waals surface area contributed by atoms with E-state index >= 15 is 0 Å². The van der Waals surface area contributed by atoms with Gasteiger partial charge in [-0.25, -0.2) is 19.6 Å². The number of methoxy groups -OCH3 is 2. The number of H-pyrrole nitrogens is 2. The highest BCUT2D eigenvalue weighted by molar-refractivity contribution is 5.91. The average molecular weight is 817 g/mol. The minimum atomic E-state index is -0.715. The van der Waals surface area contributed by atoms with Crippen molar-refractivity contribution in [3.63, 3.8) is 0 Å². The number of carbonyl (C=O) groups is 4. The first-order valence-electron chi connectivity index (χ1n) is 20.8. The molecule has 0 bridgehead atoms. The summed E-state index contributed by atoms with van der Waals surface area (Å²) in [6.45, 7) is 12.4. The standard InChI is InChI=1S/C46H56N8O6/c1-25(2)38(51-45(57)59-7)43(55)53-19-9-10-37(53)41-47-24-36(49-41)34-18-17-32-21-31(15-16-33(32)22-34)29-11-13-30(14-12-29)35-23-48-42(50-35)40-27(5)20-28(6)54(40)44(56)39(26(3)4)52-46(58)60-8/h11-18,21-28,37-40H,9-10,19-20H2,1-8H3,(H,47,49)(H,48,50)(H,51,57)(H,52,58)/t27-,28+,37-,38-,39-,40-/m0/s1. The summed E-state index contributed by atoms with van der Waals surface area (Å²) in [5, 5.41) is 7.63. The molecule has 14 nitrogen and oxygen atoms in total. The highest BCUT2D eigenvalue weighted by atomic mass is 16.5. The van der Waals surface area contributed by atoms with Crippen molar-refractivity contribution in [2.45, 2.75) is 91.0 Å². The lowest BCUT2D eigenvalue weighted by molar-refractivity contribution is -0.138. The SMILES string of the molecule is COC(=O)N[C@H](C(=O)N1CCC[C@H]1c1ncc(-c2ccc3cc(-c4ccc(-c5cnc([C@@H]6[C@@H](C)C[C@@H](C)N6C(=O)[C@@H](NC(=O)OC)C(C)C)[nH]5)cc4)ccc3c2)[nH]1)C(C)C. The van der Waals surface area contributed by atoms with E-state index in [1.165, 1.54) is 14.2 Å². The van der Waals surface area contributed by atoms with E-state index in [9.17, 15) is 19.2 Å². The molecule has 4 N–H and O–H groups in total. The number of hydrogen-bond donors (Lipinski definition) is 4. The van der Waals surface area contributed by atoms with E-state index in [4.69, 9.17) is 19.4 Å². The van der Waals surface area contributed by atoms with Crippen molar-refractivity contribution < 1.29 is 28.7 Å². The van der Waals surface area contributed by atoms with Gasteiger partial charge in [-0.05, 0) is 83.5 Å². The average Bonchev–Trinajstić information content (AvgIpc) is 4.07. The Morgan fingerprint density at radius 2 is 1.22 bits per heavy atom. The summed E-state index contributed by atoms with van der Waals surface area (Å²) < 4.78 is 9.58. The fraction of sp³-hybridized carbons (Fsp3) is 0.435. The van der Waals surface area contributed by atoms with Crippen molar-refractivity contribution in [3.05, 3.63) is 84.7 Å². The molecule has 4 amide bonds. The third-order valence-electron chi connectivity index (χ3n) is 12.1. The smallest absolute Gasteiger partial charge is 0.407 e. The molecular weight excluding hydrogens is 761 g/mol. The van der Waals surface area contributed by atoms with E-state index < -0.39 is 24.3 Å². The number of aromatic amines is 2. The summed E-state index contributed by atoms with van der Waals surface area (Å²) in [7, 11) is 2.59. The maximum Gasteiger partial charge on any atom is 0.407 e. The molecular formula is C46H56N8O6. The van der Waals surface area contributed by atoms with E-state index in [1.807, 2.05) is 56.8 Å². The molecule has 2 aliphatic heterocycles. The van der Waals surface area contributed by atoms with E-state index in [-0.39, 0.29) is 47.7 Å². The fourth-order valence-corrected chi connectivity index (χ4v) is 8.86. The van der Waals surface area contributed by atoms with Crippen LogP contribution in [0.2, 0.25) is 0 Å². The van der Waals surface area contributed by atoms with Crippen molar-refractivity contribution in [1.82, 2.24) is 40.4 Å². The Hall–Kier alpha value is -6.18. The first kappa shape index (κ1) is 42.0. The zero-order valence-electron chi connectivity index (χ0n) is 35.6. The van der Waals surface area contributed by atoms with Crippen molar-refractivity contribution in [1.29, 1.82) is 0 Å². The molecule has 60 heavy (non-hydrogen) atoms. The molecule has 0 spiro atoms. The predicted octanol–water partition coefficient (Wildman–Crippen LogP) is 8.01. The highest BCUT2D eigenvalue weighted by Gasteiger charge is 2.45.